The average molecular weight is 483 g/mol. The van der Waals surface area contributed by atoms with E-state index < -0.39 is 23.7 Å². The van der Waals surface area contributed by atoms with Crippen LogP contribution in [0.25, 0.3) is 0 Å². The summed E-state index contributed by atoms with van der Waals surface area (Å²) in [7, 11) is 0. The maximum Gasteiger partial charge on any atom is 0.408 e. The summed E-state index contributed by atoms with van der Waals surface area (Å²) in [5, 5.41) is 5.59. The molecule has 2 rings (SSSR count). The van der Waals surface area contributed by atoms with Crippen molar-refractivity contribution in [2.24, 2.45) is 0 Å². The summed E-state index contributed by atoms with van der Waals surface area (Å²) in [6, 6.07) is 12.5. The quantitative estimate of drug-likeness (QED) is 0.361. The Labute approximate surface area is 208 Å². The number of hydrogen-bond acceptors (Lipinski definition) is 5. The Balaban J connectivity index is 1.87. The summed E-state index contributed by atoms with van der Waals surface area (Å²) in [5.74, 6) is -0.615. The van der Waals surface area contributed by atoms with E-state index in [1.807, 2.05) is 63.2 Å². The average Bonchev–Trinajstić information content (AvgIpc) is 2.75. The van der Waals surface area contributed by atoms with Gasteiger partial charge in [-0.2, -0.15) is 0 Å². The number of esters is 1. The molecule has 0 spiro atoms. The van der Waals surface area contributed by atoms with Gasteiger partial charge in [-0.05, 0) is 77.5 Å². The van der Waals surface area contributed by atoms with Crippen LogP contribution in [0, 0.1) is 20.8 Å². The van der Waals surface area contributed by atoms with E-state index >= 15 is 0 Å². The first-order valence-corrected chi connectivity index (χ1v) is 12.0. The lowest BCUT2D eigenvalue weighted by molar-refractivity contribution is -0.157. The molecule has 2 amide bonds. The fourth-order valence-corrected chi connectivity index (χ4v) is 3.83. The van der Waals surface area contributed by atoms with Gasteiger partial charge in [-0.1, -0.05) is 48.0 Å². The van der Waals surface area contributed by atoms with Crippen LogP contribution >= 0.6 is 0 Å². The lowest BCUT2D eigenvalue weighted by Gasteiger charge is -2.24. The Bertz CT molecular complexity index is 989. The van der Waals surface area contributed by atoms with Crippen LogP contribution in [0.2, 0.25) is 0 Å². The number of alkyl carbamates (subject to hydrolysis) is 1. The number of hydrogen-bond donors (Lipinski definition) is 2. The van der Waals surface area contributed by atoms with Gasteiger partial charge in [0.1, 0.15) is 18.2 Å². The van der Waals surface area contributed by atoms with Gasteiger partial charge < -0.3 is 20.1 Å². The normalized spacial score (nSPS) is 11.9. The summed E-state index contributed by atoms with van der Waals surface area (Å²) in [5.41, 5.74) is 3.89. The van der Waals surface area contributed by atoms with E-state index in [2.05, 4.69) is 10.6 Å². The molecule has 1 unspecified atom stereocenters. The highest BCUT2D eigenvalue weighted by molar-refractivity contribution is 5.97. The van der Waals surface area contributed by atoms with Gasteiger partial charge in [0.25, 0.3) is 5.91 Å². The van der Waals surface area contributed by atoms with Crippen molar-refractivity contribution in [3.8, 4) is 0 Å². The second-order valence-corrected chi connectivity index (χ2v) is 9.82. The van der Waals surface area contributed by atoms with Gasteiger partial charge in [0, 0.05) is 12.1 Å². The molecule has 2 N–H and O–H groups in total. The zero-order chi connectivity index (χ0) is 26.0. The highest BCUT2D eigenvalue weighted by atomic mass is 16.6. The lowest BCUT2D eigenvalue weighted by Crippen LogP contribution is -2.44. The van der Waals surface area contributed by atoms with Crippen molar-refractivity contribution in [3.63, 3.8) is 0 Å². The third-order valence-electron chi connectivity index (χ3n) is 5.31. The minimum atomic E-state index is -0.838. The maximum atomic E-state index is 12.7. The number of nitrogens with one attached hydrogen (secondary N) is 2. The summed E-state index contributed by atoms with van der Waals surface area (Å²) in [6.45, 7) is 11.8. The zero-order valence-corrected chi connectivity index (χ0v) is 21.7. The third-order valence-corrected chi connectivity index (χ3v) is 5.31. The third kappa shape index (κ3) is 9.81. The van der Waals surface area contributed by atoms with Crippen LogP contribution in [0.4, 0.5) is 4.79 Å². The van der Waals surface area contributed by atoms with Gasteiger partial charge in [0.15, 0.2) is 0 Å². The van der Waals surface area contributed by atoms with E-state index in [1.165, 1.54) is 0 Å². The van der Waals surface area contributed by atoms with Gasteiger partial charge in [-0.25, -0.2) is 9.59 Å². The second kappa shape index (κ2) is 12.9. The van der Waals surface area contributed by atoms with Crippen molar-refractivity contribution < 1.29 is 23.9 Å². The van der Waals surface area contributed by atoms with Gasteiger partial charge in [0.2, 0.25) is 0 Å². The number of amides is 2. The number of ether oxygens (including phenoxy) is 2. The SMILES string of the molecule is Cc1cc(C)c(C(=O)NCCCCC(NC(=O)OCc2ccccc2)C(=O)OC(C)(C)C)c(C)c1. The van der Waals surface area contributed by atoms with Crippen LogP contribution in [0.3, 0.4) is 0 Å². The molecule has 0 radical (unpaired) electrons. The Morgan fingerprint density at radius 1 is 0.943 bits per heavy atom. The molecule has 0 saturated heterocycles. The molecule has 0 aliphatic rings. The molecule has 0 saturated carbocycles. The fourth-order valence-electron chi connectivity index (χ4n) is 3.83. The monoisotopic (exact) mass is 482 g/mol. The molecule has 0 aliphatic carbocycles. The molecule has 190 valence electrons. The maximum absolute atomic E-state index is 12.7. The van der Waals surface area contributed by atoms with Gasteiger partial charge in [-0.3, -0.25) is 4.79 Å². The first-order chi connectivity index (χ1) is 16.5. The van der Waals surface area contributed by atoms with E-state index in [4.69, 9.17) is 9.47 Å². The Hall–Kier alpha value is -3.35. The van der Waals surface area contributed by atoms with Crippen LogP contribution in [0.1, 0.15) is 72.6 Å². The van der Waals surface area contributed by atoms with Crippen LogP contribution in [0.15, 0.2) is 42.5 Å². The van der Waals surface area contributed by atoms with Crippen molar-refractivity contribution in [1.29, 1.82) is 0 Å². The predicted octanol–water partition coefficient (Wildman–Crippen LogP) is 5.15. The molecule has 0 aromatic heterocycles. The molecule has 0 heterocycles. The number of unbranched alkanes of at least 4 members (excludes halogenated alkanes) is 1. The highest BCUT2D eigenvalue weighted by Gasteiger charge is 2.27. The Kier molecular flexibility index (Phi) is 10.3. The number of carbonyl (C=O) groups is 3. The minimum Gasteiger partial charge on any atom is -0.458 e. The second-order valence-electron chi connectivity index (χ2n) is 9.82. The van der Waals surface area contributed by atoms with E-state index in [0.717, 1.165) is 22.3 Å². The van der Waals surface area contributed by atoms with E-state index in [0.29, 0.717) is 31.4 Å². The summed E-state index contributed by atoms with van der Waals surface area (Å²) < 4.78 is 10.7. The van der Waals surface area contributed by atoms with Crippen molar-refractivity contribution in [2.45, 2.75) is 79.1 Å². The van der Waals surface area contributed by atoms with Crippen molar-refractivity contribution >= 4 is 18.0 Å². The molecule has 2 aromatic carbocycles. The fraction of sp³-hybridized carbons (Fsp3) is 0.464. The molecule has 1 atom stereocenters. The number of rotatable bonds is 10. The van der Waals surface area contributed by atoms with Crippen LogP contribution < -0.4 is 10.6 Å². The molecule has 35 heavy (non-hydrogen) atoms. The largest absolute Gasteiger partial charge is 0.458 e. The summed E-state index contributed by atoms with van der Waals surface area (Å²) in [4.78, 5) is 37.6. The molecule has 7 nitrogen and oxygen atoms in total. The number of carbonyl (C=O) groups excluding carboxylic acids is 3. The molecule has 2 aromatic rings. The predicted molar refractivity (Wildman–Crippen MR) is 136 cm³/mol. The lowest BCUT2D eigenvalue weighted by atomic mass is 9.99. The van der Waals surface area contributed by atoms with Crippen LogP contribution in [0.5, 0.6) is 0 Å². The topological polar surface area (TPSA) is 93.7 Å². The van der Waals surface area contributed by atoms with Gasteiger partial charge in [0.05, 0.1) is 0 Å². The van der Waals surface area contributed by atoms with Crippen LogP contribution in [-0.4, -0.2) is 36.2 Å². The highest BCUT2D eigenvalue weighted by Crippen LogP contribution is 2.16. The first kappa shape index (κ1) is 27.9. The molecule has 0 aliphatic heterocycles. The number of benzene rings is 2. The first-order valence-electron chi connectivity index (χ1n) is 12.0. The smallest absolute Gasteiger partial charge is 0.408 e. The van der Waals surface area contributed by atoms with Crippen molar-refractivity contribution in [2.75, 3.05) is 6.54 Å². The van der Waals surface area contributed by atoms with E-state index in [1.54, 1.807) is 20.8 Å². The molecule has 0 bridgehead atoms. The van der Waals surface area contributed by atoms with E-state index in [9.17, 15) is 14.4 Å². The molecule has 0 fully saturated rings. The van der Waals surface area contributed by atoms with Crippen molar-refractivity contribution in [3.05, 3.63) is 70.3 Å². The summed E-state index contributed by atoms with van der Waals surface area (Å²) >= 11 is 0. The minimum absolute atomic E-state index is 0.105. The Morgan fingerprint density at radius 2 is 1.57 bits per heavy atom. The molecule has 7 heteroatoms. The van der Waals surface area contributed by atoms with Crippen LogP contribution in [-0.2, 0) is 20.9 Å². The van der Waals surface area contributed by atoms with Crippen molar-refractivity contribution in [1.82, 2.24) is 10.6 Å². The summed E-state index contributed by atoms with van der Waals surface area (Å²) in [6.07, 6.45) is 0.946. The molecular formula is C28H38N2O5. The standard InChI is InChI=1S/C28H38N2O5/c1-19-16-20(2)24(21(3)17-19)25(31)29-15-11-10-14-23(26(32)35-28(4,5)6)30-27(33)34-18-22-12-8-7-9-13-22/h7-9,12-13,16-17,23H,10-11,14-15,18H2,1-6H3,(H,29,31)(H,30,33). The zero-order valence-electron chi connectivity index (χ0n) is 21.7. The van der Waals surface area contributed by atoms with E-state index in [-0.39, 0.29) is 12.5 Å². The number of aryl methyl sites for hydroxylation is 3. The molecular weight excluding hydrogens is 444 g/mol. The van der Waals surface area contributed by atoms with Gasteiger partial charge in [-0.15, -0.1) is 0 Å². The Morgan fingerprint density at radius 3 is 2.17 bits per heavy atom. The van der Waals surface area contributed by atoms with Gasteiger partial charge >= 0.3 is 12.1 Å².